The average molecular weight is 202 g/mol. The quantitative estimate of drug-likeness (QED) is 0.757. The molecule has 0 bridgehead atoms. The zero-order chi connectivity index (χ0) is 10.3. The molecule has 0 aliphatic carbocycles. The number of alkyl halides is 2. The summed E-state index contributed by atoms with van der Waals surface area (Å²) >= 11 is 0. The smallest absolute Gasteiger partial charge is 0.395 e. The third kappa shape index (κ3) is 1.50. The Morgan fingerprint density at radius 2 is 1.93 bits per heavy atom. The highest BCUT2D eigenvalue weighted by Gasteiger charge is 2.43. The van der Waals surface area contributed by atoms with Crippen LogP contribution in [0, 0.1) is 0 Å². The van der Waals surface area contributed by atoms with E-state index < -0.39 is 12.4 Å². The summed E-state index contributed by atoms with van der Waals surface area (Å²) in [5.41, 5.74) is 0.505. The molecular formula is C9H8F2O3. The average Bonchev–Trinajstić information content (AvgIpc) is 2.36. The largest absolute Gasteiger partial charge is 0.586 e. The van der Waals surface area contributed by atoms with Gasteiger partial charge in [0.2, 0.25) is 0 Å². The second-order valence-corrected chi connectivity index (χ2v) is 3.05. The lowest BCUT2D eigenvalue weighted by Crippen LogP contribution is -2.25. The number of hydrogen-bond donors (Lipinski definition) is 1. The zero-order valence-corrected chi connectivity index (χ0v) is 7.33. The molecule has 3 nitrogen and oxygen atoms in total. The van der Waals surface area contributed by atoms with Gasteiger partial charge in [-0.25, -0.2) is 0 Å². The number of fused-ring (bicyclic) bond motifs is 1. The first-order valence-electron chi connectivity index (χ1n) is 4.06. The Morgan fingerprint density at radius 1 is 1.29 bits per heavy atom. The van der Waals surface area contributed by atoms with Crippen molar-refractivity contribution in [2.45, 2.75) is 19.3 Å². The van der Waals surface area contributed by atoms with Gasteiger partial charge in [0.1, 0.15) is 0 Å². The molecule has 0 aromatic heterocycles. The molecule has 0 unspecified atom stereocenters. The Hall–Kier alpha value is -1.36. The number of aliphatic hydroxyl groups is 1. The minimum absolute atomic E-state index is 0.0144. The zero-order valence-electron chi connectivity index (χ0n) is 7.33. The highest BCUT2D eigenvalue weighted by atomic mass is 19.3. The standard InChI is InChI=1S/C9H8F2O3/c1-5(12)6-2-3-7-8(4-6)14-9(10,11)13-7/h2-5,12H,1H3/t5-/m0/s1. The van der Waals surface area contributed by atoms with E-state index in [1.165, 1.54) is 25.1 Å². The first kappa shape index (κ1) is 9.21. The number of aliphatic hydroxyl groups excluding tert-OH is 1. The Labute approximate surface area is 78.9 Å². The van der Waals surface area contributed by atoms with Crippen molar-refractivity contribution in [3.05, 3.63) is 23.8 Å². The lowest BCUT2D eigenvalue weighted by atomic mass is 10.1. The molecule has 0 radical (unpaired) electrons. The van der Waals surface area contributed by atoms with Gasteiger partial charge in [-0.3, -0.25) is 0 Å². The fraction of sp³-hybridized carbons (Fsp3) is 0.333. The summed E-state index contributed by atoms with van der Waals surface area (Å²) in [6, 6.07) is 4.19. The lowest BCUT2D eigenvalue weighted by molar-refractivity contribution is -0.286. The fourth-order valence-corrected chi connectivity index (χ4v) is 1.23. The Balaban J connectivity index is 2.36. The second kappa shape index (κ2) is 2.81. The summed E-state index contributed by atoms with van der Waals surface area (Å²) in [5, 5.41) is 9.20. The molecule has 0 fully saturated rings. The number of hydrogen-bond acceptors (Lipinski definition) is 3. The molecule has 1 aromatic carbocycles. The molecule has 1 N–H and O–H groups in total. The van der Waals surface area contributed by atoms with Crippen LogP contribution >= 0.6 is 0 Å². The molecule has 1 heterocycles. The van der Waals surface area contributed by atoms with Crippen molar-refractivity contribution in [2.75, 3.05) is 0 Å². The van der Waals surface area contributed by atoms with E-state index in [1.807, 2.05) is 0 Å². The highest BCUT2D eigenvalue weighted by Crippen LogP contribution is 2.41. The first-order chi connectivity index (χ1) is 6.48. The normalized spacial score (nSPS) is 19.4. The van der Waals surface area contributed by atoms with Crippen molar-refractivity contribution in [3.8, 4) is 11.5 Å². The van der Waals surface area contributed by atoms with Gasteiger partial charge in [0.15, 0.2) is 11.5 Å². The summed E-state index contributed by atoms with van der Waals surface area (Å²) in [7, 11) is 0. The molecule has 0 saturated carbocycles. The van der Waals surface area contributed by atoms with Gasteiger partial charge < -0.3 is 14.6 Å². The minimum Gasteiger partial charge on any atom is -0.395 e. The van der Waals surface area contributed by atoms with Gasteiger partial charge in [0.25, 0.3) is 0 Å². The Kier molecular flexibility index (Phi) is 1.85. The van der Waals surface area contributed by atoms with Gasteiger partial charge in [-0.05, 0) is 24.6 Å². The molecule has 1 aromatic rings. The molecule has 1 aliphatic heterocycles. The van der Waals surface area contributed by atoms with Crippen molar-refractivity contribution in [2.24, 2.45) is 0 Å². The van der Waals surface area contributed by atoms with Crippen molar-refractivity contribution in [3.63, 3.8) is 0 Å². The van der Waals surface area contributed by atoms with Crippen LogP contribution in [0.3, 0.4) is 0 Å². The van der Waals surface area contributed by atoms with Gasteiger partial charge in [0.05, 0.1) is 6.10 Å². The molecule has 14 heavy (non-hydrogen) atoms. The molecule has 0 amide bonds. The summed E-state index contributed by atoms with van der Waals surface area (Å²) in [4.78, 5) is 0. The Bertz CT molecular complexity index is 363. The summed E-state index contributed by atoms with van der Waals surface area (Å²) in [6.45, 7) is 1.54. The van der Waals surface area contributed by atoms with E-state index in [0.29, 0.717) is 5.56 Å². The van der Waals surface area contributed by atoms with Crippen LogP contribution in [-0.2, 0) is 0 Å². The SMILES string of the molecule is C[C@H](O)c1ccc2c(c1)OC(F)(F)O2. The number of halogens is 2. The van der Waals surface area contributed by atoms with Gasteiger partial charge in [-0.15, -0.1) is 8.78 Å². The molecule has 1 aliphatic rings. The predicted octanol–water partition coefficient (Wildman–Crippen LogP) is 2.06. The third-order valence-corrected chi connectivity index (χ3v) is 1.91. The van der Waals surface area contributed by atoms with Crippen LogP contribution in [0.4, 0.5) is 8.78 Å². The number of ether oxygens (including phenoxy) is 2. The van der Waals surface area contributed by atoms with Crippen molar-refractivity contribution in [1.82, 2.24) is 0 Å². The van der Waals surface area contributed by atoms with Gasteiger partial charge >= 0.3 is 6.29 Å². The maximum Gasteiger partial charge on any atom is 0.586 e. The first-order valence-corrected chi connectivity index (χ1v) is 4.06. The highest BCUT2D eigenvalue weighted by molar-refractivity contribution is 5.45. The van der Waals surface area contributed by atoms with Crippen molar-refractivity contribution >= 4 is 0 Å². The van der Waals surface area contributed by atoms with Crippen LogP contribution in [0.25, 0.3) is 0 Å². The van der Waals surface area contributed by atoms with E-state index >= 15 is 0 Å². The van der Waals surface area contributed by atoms with Crippen LogP contribution in [0.2, 0.25) is 0 Å². The monoisotopic (exact) mass is 202 g/mol. The van der Waals surface area contributed by atoms with Crippen molar-refractivity contribution < 1.29 is 23.4 Å². The summed E-state index contributed by atoms with van der Waals surface area (Å²) in [5.74, 6) is -0.0622. The lowest BCUT2D eigenvalue weighted by Gasteiger charge is -2.05. The maximum atomic E-state index is 12.6. The molecule has 76 valence electrons. The molecule has 5 heteroatoms. The molecule has 2 rings (SSSR count). The van der Waals surface area contributed by atoms with Crippen LogP contribution < -0.4 is 9.47 Å². The molecular weight excluding hydrogens is 194 g/mol. The second-order valence-electron chi connectivity index (χ2n) is 3.05. The fourth-order valence-electron chi connectivity index (χ4n) is 1.23. The topological polar surface area (TPSA) is 38.7 Å². The van der Waals surface area contributed by atoms with Crippen LogP contribution in [0.15, 0.2) is 18.2 Å². The van der Waals surface area contributed by atoms with E-state index in [4.69, 9.17) is 0 Å². The number of benzene rings is 1. The predicted molar refractivity (Wildman–Crippen MR) is 43.3 cm³/mol. The maximum absolute atomic E-state index is 12.6. The van der Waals surface area contributed by atoms with E-state index in [9.17, 15) is 13.9 Å². The van der Waals surface area contributed by atoms with E-state index in [0.717, 1.165) is 0 Å². The van der Waals surface area contributed by atoms with Crippen LogP contribution in [0.1, 0.15) is 18.6 Å². The molecule has 1 atom stereocenters. The van der Waals surface area contributed by atoms with Gasteiger partial charge in [-0.2, -0.15) is 0 Å². The summed E-state index contributed by atoms with van der Waals surface area (Å²) < 4.78 is 33.5. The van der Waals surface area contributed by atoms with E-state index in [-0.39, 0.29) is 11.5 Å². The number of rotatable bonds is 1. The van der Waals surface area contributed by atoms with E-state index in [2.05, 4.69) is 9.47 Å². The Morgan fingerprint density at radius 3 is 2.57 bits per heavy atom. The van der Waals surface area contributed by atoms with Crippen LogP contribution in [-0.4, -0.2) is 11.4 Å². The van der Waals surface area contributed by atoms with Gasteiger partial charge in [-0.1, -0.05) is 6.07 Å². The minimum atomic E-state index is -3.60. The molecule has 0 saturated heterocycles. The third-order valence-electron chi connectivity index (χ3n) is 1.91. The molecule has 0 spiro atoms. The van der Waals surface area contributed by atoms with Crippen molar-refractivity contribution in [1.29, 1.82) is 0 Å². The summed E-state index contributed by atoms with van der Waals surface area (Å²) in [6.07, 6.45) is -4.32. The van der Waals surface area contributed by atoms with Crippen LogP contribution in [0.5, 0.6) is 11.5 Å². The van der Waals surface area contributed by atoms with E-state index in [1.54, 1.807) is 0 Å². The van der Waals surface area contributed by atoms with Gasteiger partial charge in [0, 0.05) is 0 Å².